The average Bonchev–Trinajstić information content (AvgIpc) is 2.74. The van der Waals surface area contributed by atoms with Crippen molar-refractivity contribution in [3.63, 3.8) is 0 Å². The summed E-state index contributed by atoms with van der Waals surface area (Å²) < 4.78 is 14.9. The molecule has 1 aromatic carbocycles. The van der Waals surface area contributed by atoms with Crippen LogP contribution in [0.3, 0.4) is 0 Å². The summed E-state index contributed by atoms with van der Waals surface area (Å²) in [6, 6.07) is 3.55. The number of benzene rings is 1. The number of nitro benzene ring substituents is 1. The van der Waals surface area contributed by atoms with Gasteiger partial charge in [-0.25, -0.2) is 4.39 Å². The van der Waals surface area contributed by atoms with Crippen LogP contribution in [-0.2, 0) is 20.1 Å². The predicted octanol–water partition coefficient (Wildman–Crippen LogP) is 1.76. The van der Waals surface area contributed by atoms with Gasteiger partial charge in [0, 0.05) is 38.0 Å². The summed E-state index contributed by atoms with van der Waals surface area (Å²) in [4.78, 5) is 10.0. The Kier molecular flexibility index (Phi) is 3.86. The molecule has 0 aliphatic rings. The van der Waals surface area contributed by atoms with Crippen LogP contribution in [0.4, 0.5) is 10.1 Å². The van der Waals surface area contributed by atoms with Crippen molar-refractivity contribution in [3.05, 3.63) is 57.7 Å². The zero-order valence-corrected chi connectivity index (χ0v) is 10.3. The zero-order chi connectivity index (χ0) is 13.8. The molecule has 0 amide bonds. The molecule has 2 aromatic rings. The molecule has 1 aromatic heterocycles. The number of non-ortho nitro benzene ring substituents is 1. The van der Waals surface area contributed by atoms with Crippen LogP contribution in [0.5, 0.6) is 0 Å². The van der Waals surface area contributed by atoms with E-state index in [9.17, 15) is 14.5 Å². The Morgan fingerprint density at radius 1 is 1.37 bits per heavy atom. The standard InChI is InChI=1S/C12H13FN4O2/c1-16-8-10(7-15-16)6-14-5-9-2-11(13)4-12(3-9)17(18)19/h2-4,7-8,14H,5-6H2,1H3. The molecule has 0 aliphatic carbocycles. The van der Waals surface area contributed by atoms with E-state index in [1.54, 1.807) is 10.9 Å². The van der Waals surface area contributed by atoms with E-state index in [1.807, 2.05) is 13.2 Å². The van der Waals surface area contributed by atoms with Crippen LogP contribution in [0.25, 0.3) is 0 Å². The van der Waals surface area contributed by atoms with Crippen molar-refractivity contribution >= 4 is 5.69 Å². The topological polar surface area (TPSA) is 73.0 Å². The molecular formula is C12H13FN4O2. The molecule has 19 heavy (non-hydrogen) atoms. The van der Waals surface area contributed by atoms with Crippen molar-refractivity contribution in [2.45, 2.75) is 13.1 Å². The number of hydrogen-bond acceptors (Lipinski definition) is 4. The second kappa shape index (κ2) is 5.57. The maximum absolute atomic E-state index is 13.2. The van der Waals surface area contributed by atoms with E-state index in [2.05, 4.69) is 10.4 Å². The highest BCUT2D eigenvalue weighted by Gasteiger charge is 2.09. The van der Waals surface area contributed by atoms with Gasteiger partial charge in [-0.3, -0.25) is 14.8 Å². The molecule has 2 rings (SSSR count). The molecule has 0 spiro atoms. The maximum Gasteiger partial charge on any atom is 0.272 e. The highest BCUT2D eigenvalue weighted by molar-refractivity contribution is 5.35. The quantitative estimate of drug-likeness (QED) is 0.659. The van der Waals surface area contributed by atoms with Crippen molar-refractivity contribution in [2.24, 2.45) is 7.05 Å². The Labute approximate surface area is 109 Å². The van der Waals surface area contributed by atoms with Crippen molar-refractivity contribution in [3.8, 4) is 0 Å². The summed E-state index contributed by atoms with van der Waals surface area (Å²) in [5.74, 6) is -0.604. The minimum absolute atomic E-state index is 0.238. The van der Waals surface area contributed by atoms with Crippen LogP contribution in [0.15, 0.2) is 30.6 Å². The van der Waals surface area contributed by atoms with Crippen molar-refractivity contribution in [1.29, 1.82) is 0 Å². The highest BCUT2D eigenvalue weighted by atomic mass is 19.1. The summed E-state index contributed by atoms with van der Waals surface area (Å²) in [5, 5.41) is 17.7. The van der Waals surface area contributed by atoms with Crippen LogP contribution >= 0.6 is 0 Å². The number of halogens is 1. The first kappa shape index (κ1) is 13.2. The van der Waals surface area contributed by atoms with E-state index in [-0.39, 0.29) is 5.69 Å². The van der Waals surface area contributed by atoms with Gasteiger partial charge in [0.05, 0.1) is 17.2 Å². The second-order valence-electron chi connectivity index (χ2n) is 4.20. The van der Waals surface area contributed by atoms with Crippen LogP contribution in [0, 0.1) is 15.9 Å². The van der Waals surface area contributed by atoms with Gasteiger partial charge in [-0.2, -0.15) is 5.10 Å². The van der Waals surface area contributed by atoms with Gasteiger partial charge < -0.3 is 5.32 Å². The Bertz CT molecular complexity index is 597. The number of nitrogens with one attached hydrogen (secondary N) is 1. The molecule has 0 saturated heterocycles. The average molecular weight is 264 g/mol. The lowest BCUT2D eigenvalue weighted by atomic mass is 10.2. The van der Waals surface area contributed by atoms with E-state index in [4.69, 9.17) is 0 Å². The SMILES string of the molecule is Cn1cc(CNCc2cc(F)cc([N+](=O)[O-])c2)cn1. The smallest absolute Gasteiger partial charge is 0.272 e. The zero-order valence-electron chi connectivity index (χ0n) is 10.3. The van der Waals surface area contributed by atoms with E-state index in [0.717, 1.165) is 11.6 Å². The number of aryl methyl sites for hydroxylation is 1. The Morgan fingerprint density at radius 2 is 2.11 bits per heavy atom. The summed E-state index contributed by atoms with van der Waals surface area (Å²) in [5.41, 5.74) is 1.29. The van der Waals surface area contributed by atoms with Gasteiger partial charge in [0.2, 0.25) is 0 Å². The Balaban J connectivity index is 1.97. The molecule has 100 valence electrons. The largest absolute Gasteiger partial charge is 0.308 e. The Morgan fingerprint density at radius 3 is 2.74 bits per heavy atom. The third-order valence-corrected chi connectivity index (χ3v) is 2.57. The molecule has 6 nitrogen and oxygen atoms in total. The first-order valence-corrected chi connectivity index (χ1v) is 5.66. The van der Waals surface area contributed by atoms with E-state index in [1.165, 1.54) is 12.1 Å². The lowest BCUT2D eigenvalue weighted by Gasteiger charge is -2.03. The highest BCUT2D eigenvalue weighted by Crippen LogP contribution is 2.16. The van der Waals surface area contributed by atoms with Gasteiger partial charge in [-0.15, -0.1) is 0 Å². The maximum atomic E-state index is 13.2. The molecule has 0 fully saturated rings. The molecule has 0 aliphatic heterocycles. The number of nitrogens with zero attached hydrogens (tertiary/aromatic N) is 3. The lowest BCUT2D eigenvalue weighted by Crippen LogP contribution is -2.12. The van der Waals surface area contributed by atoms with Gasteiger partial charge in [0.25, 0.3) is 5.69 Å². The first-order valence-electron chi connectivity index (χ1n) is 5.66. The van der Waals surface area contributed by atoms with Gasteiger partial charge in [0.15, 0.2) is 0 Å². The van der Waals surface area contributed by atoms with Crippen LogP contribution < -0.4 is 5.32 Å². The minimum Gasteiger partial charge on any atom is -0.308 e. The van der Waals surface area contributed by atoms with E-state index < -0.39 is 10.7 Å². The molecule has 0 bridgehead atoms. The van der Waals surface area contributed by atoms with Crippen LogP contribution in [-0.4, -0.2) is 14.7 Å². The molecule has 0 atom stereocenters. The van der Waals surface area contributed by atoms with Gasteiger partial charge in [-0.1, -0.05) is 0 Å². The molecule has 0 radical (unpaired) electrons. The minimum atomic E-state index is -0.604. The summed E-state index contributed by atoms with van der Waals surface area (Å²) in [6.07, 6.45) is 3.59. The van der Waals surface area contributed by atoms with Crippen molar-refractivity contribution < 1.29 is 9.31 Å². The third-order valence-electron chi connectivity index (χ3n) is 2.57. The summed E-state index contributed by atoms with van der Waals surface area (Å²) in [7, 11) is 1.82. The molecule has 1 heterocycles. The molecular weight excluding hydrogens is 251 g/mol. The van der Waals surface area contributed by atoms with Gasteiger partial charge >= 0.3 is 0 Å². The van der Waals surface area contributed by atoms with E-state index in [0.29, 0.717) is 18.7 Å². The molecule has 0 unspecified atom stereocenters. The first-order chi connectivity index (χ1) is 9.04. The number of nitro groups is 1. The fourth-order valence-corrected chi connectivity index (χ4v) is 1.76. The fraction of sp³-hybridized carbons (Fsp3) is 0.250. The Hall–Kier alpha value is -2.28. The third kappa shape index (κ3) is 3.59. The van der Waals surface area contributed by atoms with E-state index >= 15 is 0 Å². The van der Waals surface area contributed by atoms with Crippen LogP contribution in [0.1, 0.15) is 11.1 Å². The second-order valence-corrected chi connectivity index (χ2v) is 4.20. The van der Waals surface area contributed by atoms with Gasteiger partial charge in [0.1, 0.15) is 5.82 Å². The van der Waals surface area contributed by atoms with Crippen molar-refractivity contribution in [2.75, 3.05) is 0 Å². The van der Waals surface area contributed by atoms with Crippen molar-refractivity contribution in [1.82, 2.24) is 15.1 Å². The number of hydrogen-bond donors (Lipinski definition) is 1. The lowest BCUT2D eigenvalue weighted by molar-refractivity contribution is -0.385. The number of rotatable bonds is 5. The van der Waals surface area contributed by atoms with Crippen LogP contribution in [0.2, 0.25) is 0 Å². The molecule has 0 saturated carbocycles. The normalized spacial score (nSPS) is 10.6. The summed E-state index contributed by atoms with van der Waals surface area (Å²) >= 11 is 0. The predicted molar refractivity (Wildman–Crippen MR) is 66.8 cm³/mol. The molecule has 7 heteroatoms. The molecule has 1 N–H and O–H groups in total. The van der Waals surface area contributed by atoms with Gasteiger partial charge in [-0.05, 0) is 11.6 Å². The number of aromatic nitrogens is 2. The summed E-state index contributed by atoms with van der Waals surface area (Å²) in [6.45, 7) is 0.922. The monoisotopic (exact) mass is 264 g/mol. The fourth-order valence-electron chi connectivity index (χ4n) is 1.76.